The minimum atomic E-state index is -3.09. The first-order valence-electron chi connectivity index (χ1n) is 8.39. The number of hydrogen-bond donors (Lipinski definition) is 3. The number of nitrogens with one attached hydrogen (secondary N) is 3. The van der Waals surface area contributed by atoms with Crippen LogP contribution >= 0.6 is 24.0 Å². The lowest BCUT2D eigenvalue weighted by Crippen LogP contribution is -2.39. The number of rotatable bonds is 12. The van der Waals surface area contributed by atoms with Crippen LogP contribution in [0, 0.1) is 5.92 Å². The van der Waals surface area contributed by atoms with E-state index in [1.807, 2.05) is 6.92 Å². The predicted molar refractivity (Wildman–Crippen MR) is 110 cm³/mol. The van der Waals surface area contributed by atoms with E-state index in [9.17, 15) is 8.42 Å². The van der Waals surface area contributed by atoms with E-state index >= 15 is 0 Å². The van der Waals surface area contributed by atoms with E-state index in [0.717, 1.165) is 31.9 Å². The van der Waals surface area contributed by atoms with Gasteiger partial charge in [-0.05, 0) is 25.7 Å². The fourth-order valence-corrected chi connectivity index (χ4v) is 2.55. The average molecular weight is 462 g/mol. The standard InChI is InChI=1S/C15H34N4O2S.HI/c1-5-8-10-14(6-2)13-18-15(16-7-3)17-11-9-12-19-22(4,20)21;/h14,19H,5-13H2,1-4H3,(H2,16,17,18);1H. The number of guanidine groups is 1. The van der Waals surface area contributed by atoms with Gasteiger partial charge in [0.25, 0.3) is 0 Å². The molecule has 0 aromatic rings. The number of unbranched alkanes of at least 4 members (excludes halogenated alkanes) is 1. The molecule has 140 valence electrons. The van der Waals surface area contributed by atoms with E-state index in [2.05, 4.69) is 34.2 Å². The van der Waals surface area contributed by atoms with Crippen LogP contribution in [0.5, 0.6) is 0 Å². The Kier molecular flexibility index (Phi) is 16.9. The summed E-state index contributed by atoms with van der Waals surface area (Å²) in [5.74, 6) is 1.46. The first-order valence-corrected chi connectivity index (χ1v) is 10.3. The van der Waals surface area contributed by atoms with Crippen molar-refractivity contribution in [2.75, 3.05) is 32.4 Å². The molecule has 0 aliphatic carbocycles. The molecule has 0 heterocycles. The molecule has 0 bridgehead atoms. The third kappa shape index (κ3) is 16.5. The summed E-state index contributed by atoms with van der Waals surface area (Å²) in [5.41, 5.74) is 0. The predicted octanol–water partition coefficient (Wildman–Crippen LogP) is 2.32. The van der Waals surface area contributed by atoms with E-state index < -0.39 is 10.0 Å². The van der Waals surface area contributed by atoms with Crippen molar-refractivity contribution in [3.05, 3.63) is 0 Å². The number of halogens is 1. The van der Waals surface area contributed by atoms with Crippen LogP contribution in [0.1, 0.15) is 52.9 Å². The zero-order valence-electron chi connectivity index (χ0n) is 15.0. The van der Waals surface area contributed by atoms with Crippen LogP contribution in [0.4, 0.5) is 0 Å². The quantitative estimate of drug-likeness (QED) is 0.180. The summed E-state index contributed by atoms with van der Waals surface area (Å²) in [6, 6.07) is 0. The molecule has 0 amide bonds. The Bertz CT molecular complexity index is 402. The SMILES string of the molecule is CCCCC(CC)CN=C(NCC)NCCCNS(C)(=O)=O.I. The lowest BCUT2D eigenvalue weighted by atomic mass is 10.00. The molecule has 0 aromatic carbocycles. The van der Waals surface area contributed by atoms with Crippen molar-refractivity contribution in [1.29, 1.82) is 0 Å². The van der Waals surface area contributed by atoms with Crippen molar-refractivity contribution in [1.82, 2.24) is 15.4 Å². The maximum Gasteiger partial charge on any atom is 0.208 e. The molecule has 1 atom stereocenters. The molecule has 0 radical (unpaired) electrons. The zero-order chi connectivity index (χ0) is 16.8. The van der Waals surface area contributed by atoms with Crippen LogP contribution in [0.3, 0.4) is 0 Å². The molecule has 0 spiro atoms. The molecule has 0 saturated carbocycles. The van der Waals surface area contributed by atoms with Crippen molar-refractivity contribution in [3.8, 4) is 0 Å². The minimum Gasteiger partial charge on any atom is -0.357 e. The molecule has 8 heteroatoms. The molecule has 0 fully saturated rings. The van der Waals surface area contributed by atoms with Crippen molar-refractivity contribution >= 4 is 40.0 Å². The van der Waals surface area contributed by atoms with Crippen LogP contribution in [0.25, 0.3) is 0 Å². The number of sulfonamides is 1. The molecule has 3 N–H and O–H groups in total. The van der Waals surface area contributed by atoms with Crippen LogP contribution in [-0.4, -0.2) is 46.8 Å². The van der Waals surface area contributed by atoms with Gasteiger partial charge in [-0.2, -0.15) is 0 Å². The normalized spacial score (nSPS) is 13.3. The van der Waals surface area contributed by atoms with Gasteiger partial charge in [0.05, 0.1) is 6.26 Å². The van der Waals surface area contributed by atoms with Gasteiger partial charge in [-0.15, -0.1) is 24.0 Å². The molecular weight excluding hydrogens is 427 g/mol. The number of hydrogen-bond acceptors (Lipinski definition) is 3. The molecule has 0 saturated heterocycles. The number of aliphatic imine (C=N–C) groups is 1. The van der Waals surface area contributed by atoms with E-state index in [4.69, 9.17) is 0 Å². The summed E-state index contributed by atoms with van der Waals surface area (Å²) in [4.78, 5) is 4.64. The monoisotopic (exact) mass is 462 g/mol. The van der Waals surface area contributed by atoms with Crippen LogP contribution in [-0.2, 0) is 10.0 Å². The maximum atomic E-state index is 11.0. The Morgan fingerprint density at radius 1 is 1.09 bits per heavy atom. The zero-order valence-corrected chi connectivity index (χ0v) is 18.2. The largest absolute Gasteiger partial charge is 0.357 e. The van der Waals surface area contributed by atoms with Crippen LogP contribution < -0.4 is 15.4 Å². The molecule has 0 aliphatic heterocycles. The highest BCUT2D eigenvalue weighted by atomic mass is 127. The summed E-state index contributed by atoms with van der Waals surface area (Å²) in [6.45, 7) is 9.27. The summed E-state index contributed by atoms with van der Waals surface area (Å²) in [5, 5.41) is 6.47. The van der Waals surface area contributed by atoms with Crippen LogP contribution in [0.2, 0.25) is 0 Å². The molecule has 0 aliphatic rings. The minimum absolute atomic E-state index is 0. The van der Waals surface area contributed by atoms with Gasteiger partial charge in [0.2, 0.25) is 10.0 Å². The highest BCUT2D eigenvalue weighted by Gasteiger charge is 2.06. The summed E-state index contributed by atoms with van der Waals surface area (Å²) in [6.07, 6.45) is 6.77. The van der Waals surface area contributed by atoms with Gasteiger partial charge < -0.3 is 10.6 Å². The van der Waals surface area contributed by atoms with Crippen molar-refractivity contribution in [2.24, 2.45) is 10.9 Å². The maximum absolute atomic E-state index is 11.0. The van der Waals surface area contributed by atoms with Crippen LogP contribution in [0.15, 0.2) is 4.99 Å². The Balaban J connectivity index is 0. The van der Waals surface area contributed by atoms with E-state index in [0.29, 0.717) is 19.0 Å². The van der Waals surface area contributed by atoms with E-state index in [-0.39, 0.29) is 24.0 Å². The molecule has 0 aromatic heterocycles. The van der Waals surface area contributed by atoms with Gasteiger partial charge >= 0.3 is 0 Å². The van der Waals surface area contributed by atoms with Crippen molar-refractivity contribution in [2.45, 2.75) is 52.9 Å². The topological polar surface area (TPSA) is 82.6 Å². The molecule has 0 rings (SSSR count). The second kappa shape index (κ2) is 15.4. The lowest BCUT2D eigenvalue weighted by molar-refractivity contribution is 0.461. The highest BCUT2D eigenvalue weighted by Crippen LogP contribution is 2.12. The summed E-state index contributed by atoms with van der Waals surface area (Å²) >= 11 is 0. The van der Waals surface area contributed by atoms with E-state index in [1.165, 1.54) is 25.5 Å². The second-order valence-corrected chi connectivity index (χ2v) is 7.42. The van der Waals surface area contributed by atoms with Gasteiger partial charge in [0.15, 0.2) is 5.96 Å². The molecule has 23 heavy (non-hydrogen) atoms. The van der Waals surface area contributed by atoms with Gasteiger partial charge in [0, 0.05) is 26.2 Å². The average Bonchev–Trinajstić information content (AvgIpc) is 2.45. The second-order valence-electron chi connectivity index (χ2n) is 5.58. The van der Waals surface area contributed by atoms with E-state index in [1.54, 1.807) is 0 Å². The van der Waals surface area contributed by atoms with Gasteiger partial charge in [-0.3, -0.25) is 4.99 Å². The van der Waals surface area contributed by atoms with Gasteiger partial charge in [0.1, 0.15) is 0 Å². The highest BCUT2D eigenvalue weighted by molar-refractivity contribution is 14.0. The van der Waals surface area contributed by atoms with Gasteiger partial charge in [-0.25, -0.2) is 13.1 Å². The summed E-state index contributed by atoms with van der Waals surface area (Å²) < 4.78 is 24.4. The Hall–Kier alpha value is -0.0900. The first kappa shape index (κ1) is 25.2. The fraction of sp³-hybridized carbons (Fsp3) is 0.933. The van der Waals surface area contributed by atoms with Crippen molar-refractivity contribution < 1.29 is 8.42 Å². The fourth-order valence-electron chi connectivity index (χ4n) is 2.03. The molecule has 6 nitrogen and oxygen atoms in total. The smallest absolute Gasteiger partial charge is 0.208 e. The third-order valence-corrected chi connectivity index (χ3v) is 4.13. The Labute approximate surface area is 159 Å². The number of nitrogens with zero attached hydrogens (tertiary/aromatic N) is 1. The Morgan fingerprint density at radius 3 is 2.30 bits per heavy atom. The summed E-state index contributed by atoms with van der Waals surface area (Å²) in [7, 11) is -3.09. The van der Waals surface area contributed by atoms with Gasteiger partial charge in [-0.1, -0.05) is 33.1 Å². The lowest BCUT2D eigenvalue weighted by Gasteiger charge is -2.15. The third-order valence-electron chi connectivity index (χ3n) is 3.41. The van der Waals surface area contributed by atoms with Crippen molar-refractivity contribution in [3.63, 3.8) is 0 Å². The first-order chi connectivity index (χ1) is 10.4. The molecular formula is C15H35IN4O2S. The Morgan fingerprint density at radius 2 is 1.78 bits per heavy atom. The molecule has 1 unspecified atom stereocenters.